The predicted molar refractivity (Wildman–Crippen MR) is 79.4 cm³/mol. The van der Waals surface area contributed by atoms with Crippen LogP contribution in [0.25, 0.3) is 0 Å². The molecule has 0 bridgehead atoms. The molecule has 1 aliphatic carbocycles. The molecule has 3 atom stereocenters. The average molecular weight is 259 g/mol. The molecule has 2 nitrogen and oxygen atoms in total. The Balaban J connectivity index is 1.91. The van der Waals surface area contributed by atoms with Gasteiger partial charge in [0.05, 0.1) is 6.10 Å². The molecule has 1 saturated carbocycles. The van der Waals surface area contributed by atoms with Gasteiger partial charge in [-0.05, 0) is 44.6 Å². The van der Waals surface area contributed by atoms with Crippen molar-refractivity contribution in [3.8, 4) is 0 Å². The zero-order chi connectivity index (χ0) is 13.2. The van der Waals surface area contributed by atoms with Crippen LogP contribution in [0.5, 0.6) is 0 Å². The van der Waals surface area contributed by atoms with Crippen LogP contribution in [0.15, 0.2) is 24.3 Å². The first kappa shape index (κ1) is 13.0. The third kappa shape index (κ3) is 2.51. The highest BCUT2D eigenvalue weighted by Crippen LogP contribution is 2.39. The van der Waals surface area contributed by atoms with Crippen LogP contribution in [0.4, 0.5) is 5.69 Å². The molecule has 1 aliphatic heterocycles. The number of rotatable bonds is 2. The molecule has 2 fully saturated rings. The van der Waals surface area contributed by atoms with E-state index < -0.39 is 0 Å². The molecule has 0 spiro atoms. The molecule has 3 unspecified atom stereocenters. The average Bonchev–Trinajstić information content (AvgIpc) is 2.46. The van der Waals surface area contributed by atoms with Crippen molar-refractivity contribution < 1.29 is 5.11 Å². The van der Waals surface area contributed by atoms with E-state index >= 15 is 0 Å². The second-order valence-electron chi connectivity index (χ2n) is 6.18. The Morgan fingerprint density at radius 2 is 1.84 bits per heavy atom. The normalized spacial score (nSPS) is 28.8. The van der Waals surface area contributed by atoms with Gasteiger partial charge in [-0.2, -0.15) is 0 Å². The van der Waals surface area contributed by atoms with Crippen molar-refractivity contribution in [3.63, 3.8) is 0 Å². The lowest BCUT2D eigenvalue weighted by atomic mass is 9.78. The number of anilines is 1. The maximum absolute atomic E-state index is 10.0. The first-order valence-corrected chi connectivity index (χ1v) is 7.81. The summed E-state index contributed by atoms with van der Waals surface area (Å²) in [5.74, 6) is 0.879. The molecule has 1 N–H and O–H groups in total. The molecule has 0 radical (unpaired) electrons. The fourth-order valence-corrected chi connectivity index (χ4v) is 4.03. The molecule has 2 aliphatic rings. The van der Waals surface area contributed by atoms with Crippen LogP contribution in [-0.4, -0.2) is 17.7 Å². The lowest BCUT2D eigenvalue weighted by molar-refractivity contribution is 0.197. The van der Waals surface area contributed by atoms with Crippen molar-refractivity contribution in [1.82, 2.24) is 0 Å². The van der Waals surface area contributed by atoms with Gasteiger partial charge < -0.3 is 10.0 Å². The van der Waals surface area contributed by atoms with Crippen molar-refractivity contribution in [2.45, 2.75) is 57.6 Å². The Morgan fingerprint density at radius 1 is 1.11 bits per heavy atom. The number of nitrogens with zero attached hydrogens (tertiary/aromatic N) is 1. The summed E-state index contributed by atoms with van der Waals surface area (Å²) in [6.07, 6.45) is 7.84. The van der Waals surface area contributed by atoms with Gasteiger partial charge in [-0.1, -0.05) is 31.0 Å². The van der Waals surface area contributed by atoms with Crippen molar-refractivity contribution >= 4 is 5.69 Å². The second-order valence-corrected chi connectivity index (χ2v) is 6.18. The van der Waals surface area contributed by atoms with Gasteiger partial charge in [0.1, 0.15) is 0 Å². The van der Waals surface area contributed by atoms with Gasteiger partial charge in [0, 0.05) is 23.8 Å². The van der Waals surface area contributed by atoms with E-state index in [1.807, 2.05) is 13.0 Å². The molecule has 2 heteroatoms. The molecule has 0 amide bonds. The van der Waals surface area contributed by atoms with Gasteiger partial charge in [-0.15, -0.1) is 0 Å². The Morgan fingerprint density at radius 3 is 2.68 bits per heavy atom. The minimum Gasteiger partial charge on any atom is -0.389 e. The highest BCUT2D eigenvalue weighted by molar-refractivity contribution is 5.55. The summed E-state index contributed by atoms with van der Waals surface area (Å²) >= 11 is 0. The number of aliphatic hydroxyl groups is 1. The molecule has 1 heterocycles. The van der Waals surface area contributed by atoms with Crippen LogP contribution in [0.3, 0.4) is 0 Å². The number of benzene rings is 1. The van der Waals surface area contributed by atoms with Crippen molar-refractivity contribution in [2.75, 3.05) is 11.4 Å². The monoisotopic (exact) mass is 259 g/mol. The van der Waals surface area contributed by atoms with Crippen molar-refractivity contribution in [3.05, 3.63) is 29.8 Å². The topological polar surface area (TPSA) is 23.5 Å². The van der Waals surface area contributed by atoms with Gasteiger partial charge >= 0.3 is 0 Å². The van der Waals surface area contributed by atoms with Crippen LogP contribution in [-0.2, 0) is 0 Å². The van der Waals surface area contributed by atoms with Gasteiger partial charge in [-0.3, -0.25) is 0 Å². The highest BCUT2D eigenvalue weighted by atomic mass is 16.3. The standard InChI is InChI=1S/C17H25NO/c1-13(19)15-9-3-5-11-17(15)18-12-6-8-14-7-2-4-10-16(14)18/h3,5,9,11,13-14,16,19H,2,4,6-8,10,12H2,1H3. The fourth-order valence-electron chi connectivity index (χ4n) is 4.03. The third-order valence-electron chi connectivity index (χ3n) is 4.94. The lowest BCUT2D eigenvalue weighted by Gasteiger charge is -2.46. The van der Waals surface area contributed by atoms with Crippen LogP contribution in [0.2, 0.25) is 0 Å². The van der Waals surface area contributed by atoms with Crippen LogP contribution in [0.1, 0.15) is 57.1 Å². The number of hydrogen-bond acceptors (Lipinski definition) is 2. The molecule has 1 aromatic rings. The number of fused-ring (bicyclic) bond motifs is 1. The fraction of sp³-hybridized carbons (Fsp3) is 0.647. The van der Waals surface area contributed by atoms with E-state index in [1.165, 1.54) is 44.2 Å². The minimum atomic E-state index is -0.375. The maximum atomic E-state index is 10.0. The number of piperidine rings is 1. The predicted octanol–water partition coefficient (Wildman–Crippen LogP) is 3.90. The Kier molecular flexibility index (Phi) is 3.79. The van der Waals surface area contributed by atoms with Gasteiger partial charge in [-0.25, -0.2) is 0 Å². The van der Waals surface area contributed by atoms with Gasteiger partial charge in [0.25, 0.3) is 0 Å². The Hall–Kier alpha value is -1.02. The molecule has 0 aromatic heterocycles. The van der Waals surface area contributed by atoms with Crippen LogP contribution < -0.4 is 4.90 Å². The largest absolute Gasteiger partial charge is 0.389 e. The van der Waals surface area contributed by atoms with Crippen LogP contribution >= 0.6 is 0 Å². The molecule has 104 valence electrons. The summed E-state index contributed by atoms with van der Waals surface area (Å²) in [7, 11) is 0. The Labute approximate surface area is 116 Å². The maximum Gasteiger partial charge on any atom is 0.0781 e. The molecule has 1 aromatic carbocycles. The summed E-state index contributed by atoms with van der Waals surface area (Å²) in [6, 6.07) is 9.12. The first-order valence-electron chi connectivity index (χ1n) is 7.81. The van der Waals surface area contributed by atoms with E-state index in [0.29, 0.717) is 6.04 Å². The van der Waals surface area contributed by atoms with Crippen molar-refractivity contribution in [1.29, 1.82) is 0 Å². The number of hydrogen-bond donors (Lipinski definition) is 1. The van der Waals surface area contributed by atoms with E-state index in [9.17, 15) is 5.11 Å². The van der Waals surface area contributed by atoms with Crippen LogP contribution in [0, 0.1) is 5.92 Å². The second kappa shape index (κ2) is 5.54. The third-order valence-corrected chi connectivity index (χ3v) is 4.94. The van der Waals surface area contributed by atoms with Gasteiger partial charge in [0.15, 0.2) is 0 Å². The molecular formula is C17H25NO. The Bertz CT molecular complexity index is 427. The van der Waals surface area contributed by atoms with Crippen molar-refractivity contribution in [2.24, 2.45) is 5.92 Å². The lowest BCUT2D eigenvalue weighted by Crippen LogP contribution is -2.47. The number of para-hydroxylation sites is 1. The molecule has 1 saturated heterocycles. The van der Waals surface area contributed by atoms with E-state index in [-0.39, 0.29) is 6.10 Å². The van der Waals surface area contributed by atoms with E-state index in [1.54, 1.807) is 0 Å². The summed E-state index contributed by atoms with van der Waals surface area (Å²) in [5, 5.41) is 10.0. The zero-order valence-corrected chi connectivity index (χ0v) is 11.9. The smallest absolute Gasteiger partial charge is 0.0781 e. The SMILES string of the molecule is CC(O)c1ccccc1N1CCCC2CCCCC21. The van der Waals surface area contributed by atoms with E-state index in [2.05, 4.69) is 23.1 Å². The van der Waals surface area contributed by atoms with E-state index in [0.717, 1.165) is 18.0 Å². The molecule has 3 rings (SSSR count). The van der Waals surface area contributed by atoms with Gasteiger partial charge in [0.2, 0.25) is 0 Å². The quantitative estimate of drug-likeness (QED) is 0.870. The summed E-state index contributed by atoms with van der Waals surface area (Å²) < 4.78 is 0. The first-order chi connectivity index (χ1) is 9.27. The molecule has 19 heavy (non-hydrogen) atoms. The molecular weight excluding hydrogens is 234 g/mol. The highest BCUT2D eigenvalue weighted by Gasteiger charge is 2.34. The summed E-state index contributed by atoms with van der Waals surface area (Å²) in [4.78, 5) is 2.59. The summed E-state index contributed by atoms with van der Waals surface area (Å²) in [6.45, 7) is 3.03. The summed E-state index contributed by atoms with van der Waals surface area (Å²) in [5.41, 5.74) is 2.36. The van der Waals surface area contributed by atoms with E-state index in [4.69, 9.17) is 0 Å². The zero-order valence-electron chi connectivity index (χ0n) is 11.9. The number of aliphatic hydroxyl groups excluding tert-OH is 1. The minimum absolute atomic E-state index is 0.375.